The molecule has 1 fully saturated rings. The monoisotopic (exact) mass is 401 g/mol. The number of hydrogen-bond acceptors (Lipinski definition) is 7. The molecule has 0 radical (unpaired) electrons. The van der Waals surface area contributed by atoms with E-state index in [0.717, 1.165) is 11.8 Å². The van der Waals surface area contributed by atoms with Gasteiger partial charge in [-0.2, -0.15) is 8.78 Å². The third kappa shape index (κ3) is 4.31. The molecule has 0 spiro atoms. The molecule has 1 aromatic rings. The Morgan fingerprint density at radius 3 is 2.63 bits per heavy atom. The van der Waals surface area contributed by atoms with E-state index in [2.05, 4.69) is 0 Å². The standard InChI is InChI=1S/C16H17F2N3O5S/c17-12(18)13(22)19-7-11-8-21(16(25)26-11)10-3-1-9(2-4-10)20-5-6-27-15(24)14(20)23/h1-6,11-12,14-15,23-24H,7-8H2,(H,19,22)/t11-,14?,15?/m0/s1. The first-order chi connectivity index (χ1) is 12.9. The Morgan fingerprint density at radius 1 is 1.30 bits per heavy atom. The number of nitrogens with one attached hydrogen (secondary N) is 1. The Labute approximate surface area is 157 Å². The molecule has 1 saturated heterocycles. The van der Waals surface area contributed by atoms with E-state index in [4.69, 9.17) is 4.74 Å². The summed E-state index contributed by atoms with van der Waals surface area (Å²) in [5, 5.41) is 23.4. The SMILES string of the molecule is O=C(NC[C@H]1CN(c2ccc(N3C=CSC(O)C3O)cc2)C(=O)O1)C(F)F. The molecule has 2 unspecified atom stereocenters. The van der Waals surface area contributed by atoms with Crippen LogP contribution in [0.5, 0.6) is 0 Å². The van der Waals surface area contributed by atoms with Gasteiger partial charge < -0.3 is 25.2 Å². The van der Waals surface area contributed by atoms with Crippen molar-refractivity contribution in [3.8, 4) is 0 Å². The molecule has 2 aliphatic heterocycles. The molecule has 2 amide bonds. The summed E-state index contributed by atoms with van der Waals surface area (Å²) in [6, 6.07) is 6.58. The van der Waals surface area contributed by atoms with Crippen molar-refractivity contribution >= 4 is 35.1 Å². The van der Waals surface area contributed by atoms with Crippen LogP contribution in [0.4, 0.5) is 25.0 Å². The average molecular weight is 401 g/mol. The Hall–Kier alpha value is -2.37. The minimum absolute atomic E-state index is 0.100. The highest BCUT2D eigenvalue weighted by Crippen LogP contribution is 2.30. The summed E-state index contributed by atoms with van der Waals surface area (Å²) in [6.07, 6.45) is -3.99. The van der Waals surface area contributed by atoms with E-state index in [1.54, 1.807) is 35.9 Å². The van der Waals surface area contributed by atoms with Crippen LogP contribution in [-0.2, 0) is 9.53 Å². The van der Waals surface area contributed by atoms with E-state index in [1.165, 1.54) is 9.80 Å². The summed E-state index contributed by atoms with van der Waals surface area (Å²) in [6.45, 7) is -0.104. The van der Waals surface area contributed by atoms with Crippen LogP contribution >= 0.6 is 11.8 Å². The Balaban J connectivity index is 1.63. The van der Waals surface area contributed by atoms with E-state index >= 15 is 0 Å². The molecule has 0 aliphatic carbocycles. The lowest BCUT2D eigenvalue weighted by atomic mass is 10.2. The number of halogens is 2. The van der Waals surface area contributed by atoms with Crippen molar-refractivity contribution in [2.75, 3.05) is 22.9 Å². The van der Waals surface area contributed by atoms with E-state index in [9.17, 15) is 28.6 Å². The second-order valence-corrected chi connectivity index (χ2v) is 6.84. The van der Waals surface area contributed by atoms with Crippen LogP contribution in [0.2, 0.25) is 0 Å². The molecular weight excluding hydrogens is 384 g/mol. The van der Waals surface area contributed by atoms with Crippen LogP contribution in [0.1, 0.15) is 0 Å². The number of aliphatic hydroxyl groups is 2. The molecule has 0 bridgehead atoms. The number of cyclic esters (lactones) is 1. The van der Waals surface area contributed by atoms with Gasteiger partial charge in [-0.25, -0.2) is 4.79 Å². The predicted molar refractivity (Wildman–Crippen MR) is 94.3 cm³/mol. The number of thioether (sulfide) groups is 1. The normalized spacial score (nSPS) is 25.1. The van der Waals surface area contributed by atoms with Crippen molar-refractivity contribution in [3.63, 3.8) is 0 Å². The van der Waals surface area contributed by atoms with Crippen LogP contribution in [0.15, 0.2) is 35.9 Å². The third-order valence-electron chi connectivity index (χ3n) is 4.02. The molecule has 3 N–H and O–H groups in total. The zero-order chi connectivity index (χ0) is 19.6. The van der Waals surface area contributed by atoms with Gasteiger partial charge in [0.05, 0.1) is 13.1 Å². The van der Waals surface area contributed by atoms with Crippen molar-refractivity contribution in [3.05, 3.63) is 35.9 Å². The first kappa shape index (κ1) is 19.4. The molecule has 2 aliphatic rings. The van der Waals surface area contributed by atoms with Crippen molar-refractivity contribution in [1.29, 1.82) is 0 Å². The molecule has 11 heteroatoms. The molecule has 0 saturated carbocycles. The maximum absolute atomic E-state index is 12.2. The summed E-state index contributed by atoms with van der Waals surface area (Å²) in [5.74, 6) is -1.41. The largest absolute Gasteiger partial charge is 0.442 e. The smallest absolute Gasteiger partial charge is 0.414 e. The van der Waals surface area contributed by atoms with Gasteiger partial charge in [-0.1, -0.05) is 11.8 Å². The van der Waals surface area contributed by atoms with Gasteiger partial charge in [-0.05, 0) is 29.7 Å². The second-order valence-electron chi connectivity index (χ2n) is 5.81. The van der Waals surface area contributed by atoms with Crippen LogP contribution in [0, 0.1) is 0 Å². The highest BCUT2D eigenvalue weighted by Gasteiger charge is 2.33. The fraction of sp³-hybridized carbons (Fsp3) is 0.375. The summed E-state index contributed by atoms with van der Waals surface area (Å²) < 4.78 is 29.4. The molecule has 2 heterocycles. The summed E-state index contributed by atoms with van der Waals surface area (Å²) in [5.41, 5.74) is 0.138. The topological polar surface area (TPSA) is 102 Å². The number of hydrogen-bond donors (Lipinski definition) is 3. The lowest BCUT2D eigenvalue weighted by Gasteiger charge is -2.32. The van der Waals surface area contributed by atoms with Crippen LogP contribution in [-0.4, -0.2) is 59.5 Å². The number of benzene rings is 1. The summed E-state index contributed by atoms with van der Waals surface area (Å²) >= 11 is 1.09. The minimum Gasteiger partial charge on any atom is -0.442 e. The molecule has 3 atom stereocenters. The highest BCUT2D eigenvalue weighted by molar-refractivity contribution is 8.02. The zero-order valence-corrected chi connectivity index (χ0v) is 14.7. The molecule has 146 valence electrons. The Kier molecular flexibility index (Phi) is 5.82. The fourth-order valence-electron chi connectivity index (χ4n) is 2.65. The van der Waals surface area contributed by atoms with Gasteiger partial charge in [-0.15, -0.1) is 0 Å². The maximum Gasteiger partial charge on any atom is 0.414 e. The number of anilines is 2. The number of nitrogens with zero attached hydrogens (tertiary/aromatic N) is 2. The summed E-state index contributed by atoms with van der Waals surface area (Å²) in [4.78, 5) is 25.7. The van der Waals surface area contributed by atoms with Gasteiger partial charge in [0.1, 0.15) is 11.5 Å². The Morgan fingerprint density at radius 2 is 1.96 bits per heavy atom. The number of rotatable bonds is 5. The quantitative estimate of drug-likeness (QED) is 0.678. The lowest BCUT2D eigenvalue weighted by Crippen LogP contribution is -2.40. The fourth-order valence-corrected chi connectivity index (χ4v) is 3.28. The van der Waals surface area contributed by atoms with Gasteiger partial charge in [0.25, 0.3) is 5.91 Å². The average Bonchev–Trinajstić information content (AvgIpc) is 3.03. The van der Waals surface area contributed by atoms with Gasteiger partial charge in [0, 0.05) is 17.6 Å². The number of aliphatic hydroxyl groups excluding tert-OH is 2. The van der Waals surface area contributed by atoms with Gasteiger partial charge in [0.2, 0.25) is 0 Å². The maximum atomic E-state index is 12.2. The van der Waals surface area contributed by atoms with E-state index < -0.39 is 36.2 Å². The second kappa shape index (κ2) is 8.11. The predicted octanol–water partition coefficient (Wildman–Crippen LogP) is 1.05. The first-order valence-electron chi connectivity index (χ1n) is 7.97. The lowest BCUT2D eigenvalue weighted by molar-refractivity contribution is -0.132. The Bertz CT molecular complexity index is 733. The van der Waals surface area contributed by atoms with Gasteiger partial charge in [0.15, 0.2) is 6.23 Å². The van der Waals surface area contributed by atoms with Crippen molar-refractivity contribution in [2.24, 2.45) is 0 Å². The van der Waals surface area contributed by atoms with Crippen molar-refractivity contribution in [1.82, 2.24) is 5.32 Å². The number of carbonyl (C=O) groups is 2. The molecule has 3 rings (SSSR count). The van der Waals surface area contributed by atoms with E-state index in [-0.39, 0.29) is 13.1 Å². The molecule has 1 aromatic carbocycles. The molecule has 8 nitrogen and oxygen atoms in total. The van der Waals surface area contributed by atoms with Gasteiger partial charge in [-0.3, -0.25) is 9.69 Å². The van der Waals surface area contributed by atoms with E-state index in [0.29, 0.717) is 11.4 Å². The number of amides is 2. The van der Waals surface area contributed by atoms with Crippen LogP contribution < -0.4 is 15.1 Å². The van der Waals surface area contributed by atoms with Gasteiger partial charge >= 0.3 is 12.5 Å². The number of alkyl halides is 2. The third-order valence-corrected chi connectivity index (χ3v) is 4.82. The number of ether oxygens (including phenoxy) is 1. The molecule has 0 aromatic heterocycles. The van der Waals surface area contributed by atoms with E-state index in [1.807, 2.05) is 5.32 Å². The summed E-state index contributed by atoms with van der Waals surface area (Å²) in [7, 11) is 0. The van der Waals surface area contributed by atoms with Crippen LogP contribution in [0.3, 0.4) is 0 Å². The first-order valence-corrected chi connectivity index (χ1v) is 8.92. The highest BCUT2D eigenvalue weighted by atomic mass is 32.2. The minimum atomic E-state index is -3.12. The zero-order valence-electron chi connectivity index (χ0n) is 13.9. The van der Waals surface area contributed by atoms with Crippen LogP contribution in [0.25, 0.3) is 0 Å². The molecule has 27 heavy (non-hydrogen) atoms. The van der Waals surface area contributed by atoms with Crippen molar-refractivity contribution < 1.29 is 33.3 Å². The molecular formula is C16H17F2N3O5S. The number of carbonyl (C=O) groups excluding carboxylic acids is 2. The van der Waals surface area contributed by atoms with Crippen molar-refractivity contribution in [2.45, 2.75) is 24.2 Å².